The van der Waals surface area contributed by atoms with E-state index in [1.807, 2.05) is 11.8 Å². The predicted octanol–water partition coefficient (Wildman–Crippen LogP) is 3.74. The summed E-state index contributed by atoms with van der Waals surface area (Å²) >= 11 is 1.94. The highest BCUT2D eigenvalue weighted by atomic mass is 32.2. The van der Waals surface area contributed by atoms with Gasteiger partial charge in [0.1, 0.15) is 5.78 Å². The standard InChI is InChI=1S/C12H24OSSi/c1-11(2,3)12(15(4,5)6)8-7-10(13)9-14-12/h7-9H2,1-6H3. The molecule has 1 unspecified atom stereocenters. The Labute approximate surface area is 99.4 Å². The molecule has 0 radical (unpaired) electrons. The lowest BCUT2D eigenvalue weighted by atomic mass is 9.87. The van der Waals surface area contributed by atoms with Gasteiger partial charge in [0.25, 0.3) is 0 Å². The van der Waals surface area contributed by atoms with Crippen LogP contribution in [0.4, 0.5) is 0 Å². The summed E-state index contributed by atoms with van der Waals surface area (Å²) in [5.74, 6) is 1.18. The zero-order chi connectivity index (χ0) is 11.9. The van der Waals surface area contributed by atoms with E-state index in [-0.39, 0.29) is 0 Å². The summed E-state index contributed by atoms with van der Waals surface area (Å²) < 4.78 is 0.369. The van der Waals surface area contributed by atoms with Crippen molar-refractivity contribution in [2.45, 2.75) is 57.6 Å². The van der Waals surface area contributed by atoms with Crippen molar-refractivity contribution in [3.05, 3.63) is 0 Å². The minimum atomic E-state index is -1.26. The Balaban J connectivity index is 3.04. The summed E-state index contributed by atoms with van der Waals surface area (Å²) in [5.41, 5.74) is 0.308. The summed E-state index contributed by atoms with van der Waals surface area (Å²) in [4.78, 5) is 11.4. The van der Waals surface area contributed by atoms with Gasteiger partial charge >= 0.3 is 0 Å². The molecular formula is C12H24OSSi. The summed E-state index contributed by atoms with van der Waals surface area (Å²) in [6.45, 7) is 14.4. The maximum atomic E-state index is 11.4. The van der Waals surface area contributed by atoms with Crippen LogP contribution in [0, 0.1) is 5.41 Å². The van der Waals surface area contributed by atoms with Gasteiger partial charge in [-0.1, -0.05) is 40.4 Å². The van der Waals surface area contributed by atoms with Crippen molar-refractivity contribution in [3.63, 3.8) is 0 Å². The van der Waals surface area contributed by atoms with Crippen molar-refractivity contribution in [3.8, 4) is 0 Å². The molecule has 1 saturated heterocycles. The summed E-state index contributed by atoms with van der Waals surface area (Å²) in [6, 6.07) is 0. The number of carbonyl (C=O) groups excluding carboxylic acids is 1. The second kappa shape index (κ2) is 3.92. The summed E-state index contributed by atoms with van der Waals surface area (Å²) in [7, 11) is -1.26. The Morgan fingerprint density at radius 1 is 1.27 bits per heavy atom. The SMILES string of the molecule is CC(C)(C)C1([Si](C)(C)C)CCC(=O)CS1. The first-order valence-corrected chi connectivity index (χ1v) is 10.2. The van der Waals surface area contributed by atoms with Crippen molar-refractivity contribution in [1.82, 2.24) is 0 Å². The van der Waals surface area contributed by atoms with E-state index in [9.17, 15) is 4.79 Å². The van der Waals surface area contributed by atoms with Gasteiger partial charge in [0.15, 0.2) is 0 Å². The van der Waals surface area contributed by atoms with Crippen LogP contribution in [0.15, 0.2) is 0 Å². The molecule has 88 valence electrons. The number of hydrogen-bond donors (Lipinski definition) is 0. The van der Waals surface area contributed by atoms with Gasteiger partial charge < -0.3 is 0 Å². The van der Waals surface area contributed by atoms with Gasteiger partial charge in [0.2, 0.25) is 0 Å². The van der Waals surface area contributed by atoms with E-state index < -0.39 is 8.07 Å². The highest BCUT2D eigenvalue weighted by Crippen LogP contribution is 2.53. The molecule has 0 N–H and O–H groups in total. The smallest absolute Gasteiger partial charge is 0.142 e. The monoisotopic (exact) mass is 244 g/mol. The van der Waals surface area contributed by atoms with E-state index >= 15 is 0 Å². The fraction of sp³-hybridized carbons (Fsp3) is 0.917. The Kier molecular flexibility index (Phi) is 3.47. The maximum Gasteiger partial charge on any atom is 0.142 e. The van der Waals surface area contributed by atoms with Gasteiger partial charge in [-0.05, 0) is 11.8 Å². The first kappa shape index (κ1) is 13.3. The molecule has 1 heterocycles. The van der Waals surface area contributed by atoms with Crippen LogP contribution in [0.3, 0.4) is 0 Å². The molecule has 0 aliphatic carbocycles. The Bertz CT molecular complexity index is 234. The molecular weight excluding hydrogens is 220 g/mol. The molecule has 0 bridgehead atoms. The van der Waals surface area contributed by atoms with E-state index in [0.29, 0.717) is 15.6 Å². The predicted molar refractivity (Wildman–Crippen MR) is 72.2 cm³/mol. The fourth-order valence-corrected chi connectivity index (χ4v) is 9.28. The van der Waals surface area contributed by atoms with Crippen LogP contribution >= 0.6 is 11.8 Å². The van der Waals surface area contributed by atoms with E-state index in [2.05, 4.69) is 40.4 Å². The van der Waals surface area contributed by atoms with Gasteiger partial charge in [0.05, 0.1) is 13.8 Å². The van der Waals surface area contributed by atoms with Crippen molar-refractivity contribution in [2.24, 2.45) is 5.41 Å². The van der Waals surface area contributed by atoms with E-state index in [1.54, 1.807) is 0 Å². The zero-order valence-electron chi connectivity index (χ0n) is 10.9. The van der Waals surface area contributed by atoms with Gasteiger partial charge in [0, 0.05) is 10.8 Å². The zero-order valence-corrected chi connectivity index (χ0v) is 12.8. The lowest BCUT2D eigenvalue weighted by Gasteiger charge is -2.54. The molecule has 15 heavy (non-hydrogen) atoms. The van der Waals surface area contributed by atoms with Crippen LogP contribution in [0.25, 0.3) is 0 Å². The molecule has 0 amide bonds. The number of ketones is 1. The minimum absolute atomic E-state index is 0.308. The fourth-order valence-electron chi connectivity index (χ4n) is 2.97. The number of Topliss-reactive ketones (excluding diaryl/α,β-unsaturated/α-hetero) is 1. The molecule has 1 aliphatic rings. The van der Waals surface area contributed by atoms with Crippen LogP contribution in [-0.4, -0.2) is 24.0 Å². The summed E-state index contributed by atoms with van der Waals surface area (Å²) in [5, 5.41) is 0. The third-order valence-corrected chi connectivity index (χ3v) is 11.1. The molecule has 1 aliphatic heterocycles. The van der Waals surface area contributed by atoms with Gasteiger partial charge in [-0.3, -0.25) is 4.79 Å². The van der Waals surface area contributed by atoms with Gasteiger partial charge in [-0.15, -0.1) is 11.8 Å². The average Bonchev–Trinajstić information content (AvgIpc) is 2.00. The third-order valence-electron chi connectivity index (χ3n) is 3.66. The van der Waals surface area contributed by atoms with Crippen LogP contribution in [-0.2, 0) is 4.79 Å². The third kappa shape index (κ3) is 2.33. The first-order chi connectivity index (χ1) is 6.60. The number of thioether (sulfide) groups is 1. The molecule has 1 nitrogen and oxygen atoms in total. The number of hydrogen-bond acceptors (Lipinski definition) is 2. The number of rotatable bonds is 1. The largest absolute Gasteiger partial charge is 0.299 e. The van der Waals surface area contributed by atoms with Crippen LogP contribution in [0.1, 0.15) is 33.6 Å². The molecule has 0 spiro atoms. The molecule has 1 atom stereocenters. The lowest BCUT2D eigenvalue weighted by Crippen LogP contribution is -2.59. The molecule has 1 rings (SSSR count). The highest BCUT2D eigenvalue weighted by molar-refractivity contribution is 8.03. The minimum Gasteiger partial charge on any atom is -0.299 e. The van der Waals surface area contributed by atoms with Crippen LogP contribution < -0.4 is 0 Å². The lowest BCUT2D eigenvalue weighted by molar-refractivity contribution is -0.117. The molecule has 1 fully saturated rings. The molecule has 0 aromatic carbocycles. The highest BCUT2D eigenvalue weighted by Gasteiger charge is 2.53. The van der Waals surface area contributed by atoms with Crippen molar-refractivity contribution in [1.29, 1.82) is 0 Å². The van der Waals surface area contributed by atoms with Gasteiger partial charge in [-0.2, -0.15) is 0 Å². The quantitative estimate of drug-likeness (QED) is 0.654. The van der Waals surface area contributed by atoms with E-state index in [4.69, 9.17) is 0 Å². The van der Waals surface area contributed by atoms with E-state index in [1.165, 1.54) is 0 Å². The summed E-state index contributed by atoms with van der Waals surface area (Å²) in [6.07, 6.45) is 1.89. The Morgan fingerprint density at radius 3 is 2.07 bits per heavy atom. The topological polar surface area (TPSA) is 17.1 Å². The van der Waals surface area contributed by atoms with Crippen molar-refractivity contribution < 1.29 is 4.79 Å². The van der Waals surface area contributed by atoms with E-state index in [0.717, 1.165) is 18.6 Å². The first-order valence-electron chi connectivity index (χ1n) is 5.76. The molecule has 0 saturated carbocycles. The Hall–Kier alpha value is 0.237. The number of carbonyl (C=O) groups is 1. The Morgan fingerprint density at radius 2 is 1.80 bits per heavy atom. The normalized spacial score (nSPS) is 29.3. The molecule has 0 aromatic rings. The van der Waals surface area contributed by atoms with Gasteiger partial charge in [-0.25, -0.2) is 0 Å². The van der Waals surface area contributed by atoms with Crippen molar-refractivity contribution in [2.75, 3.05) is 5.75 Å². The molecule has 3 heteroatoms. The average molecular weight is 244 g/mol. The molecule has 0 aromatic heterocycles. The van der Waals surface area contributed by atoms with Crippen LogP contribution in [0.5, 0.6) is 0 Å². The second-order valence-corrected chi connectivity index (χ2v) is 13.6. The second-order valence-electron chi connectivity index (χ2n) is 6.65. The maximum absolute atomic E-state index is 11.4. The van der Waals surface area contributed by atoms with Crippen molar-refractivity contribution >= 4 is 25.6 Å². The van der Waals surface area contributed by atoms with Crippen LogP contribution in [0.2, 0.25) is 19.6 Å².